The van der Waals surface area contributed by atoms with Crippen LogP contribution < -0.4 is 5.43 Å². The molecular formula is C14H10N2O8S2-2. The maximum Gasteiger partial charge on any atom is 0.337 e. The number of rotatable bonds is 6. The molecule has 0 atom stereocenters. The minimum absolute atomic E-state index is 0.0365. The van der Waals surface area contributed by atoms with Crippen LogP contribution in [-0.4, -0.2) is 43.2 Å². The number of aromatic carboxylic acids is 1. The third kappa shape index (κ3) is 4.64. The van der Waals surface area contributed by atoms with E-state index >= 15 is 0 Å². The van der Waals surface area contributed by atoms with Crippen LogP contribution in [0.2, 0.25) is 0 Å². The lowest BCUT2D eigenvalue weighted by Crippen LogP contribution is -2.07. The second-order valence-electron chi connectivity index (χ2n) is 4.83. The summed E-state index contributed by atoms with van der Waals surface area (Å²) in [4.78, 5) is 9.96. The van der Waals surface area contributed by atoms with Crippen molar-refractivity contribution in [3.8, 4) is 0 Å². The molecule has 2 aromatic carbocycles. The second-order valence-corrected chi connectivity index (χ2v) is 7.56. The first-order valence-corrected chi connectivity index (χ1v) is 9.49. The van der Waals surface area contributed by atoms with E-state index in [1.165, 1.54) is 18.2 Å². The molecule has 0 heterocycles. The predicted octanol–water partition coefficient (Wildman–Crippen LogP) is 0.639. The molecule has 0 aromatic heterocycles. The summed E-state index contributed by atoms with van der Waals surface area (Å²) < 4.78 is 66.4. The molecule has 138 valence electrons. The number of hydrazone groups is 1. The van der Waals surface area contributed by atoms with Crippen molar-refractivity contribution in [1.29, 1.82) is 0 Å². The van der Waals surface area contributed by atoms with Crippen LogP contribution in [0.3, 0.4) is 0 Å². The van der Waals surface area contributed by atoms with E-state index in [4.69, 9.17) is 5.11 Å². The number of anilines is 1. The first-order valence-electron chi connectivity index (χ1n) is 6.67. The van der Waals surface area contributed by atoms with Crippen LogP contribution >= 0.6 is 0 Å². The van der Waals surface area contributed by atoms with Crippen molar-refractivity contribution in [3.63, 3.8) is 0 Å². The van der Waals surface area contributed by atoms with Crippen molar-refractivity contribution >= 4 is 38.1 Å². The highest BCUT2D eigenvalue weighted by atomic mass is 32.2. The van der Waals surface area contributed by atoms with Crippen LogP contribution in [0, 0.1) is 0 Å². The molecule has 2 N–H and O–H groups in total. The lowest BCUT2D eigenvalue weighted by Gasteiger charge is -2.11. The van der Waals surface area contributed by atoms with E-state index in [-0.39, 0.29) is 11.3 Å². The number of nitrogens with zero attached hydrogens (tertiary/aromatic N) is 1. The lowest BCUT2D eigenvalue weighted by atomic mass is 10.2. The van der Waals surface area contributed by atoms with Crippen molar-refractivity contribution in [2.24, 2.45) is 5.10 Å². The highest BCUT2D eigenvalue weighted by molar-refractivity contribution is 7.86. The molecule has 0 bridgehead atoms. The fraction of sp³-hybridized carbons (Fsp3) is 0. The summed E-state index contributed by atoms with van der Waals surface area (Å²) >= 11 is 0. The van der Waals surface area contributed by atoms with E-state index in [1.54, 1.807) is 0 Å². The zero-order valence-electron chi connectivity index (χ0n) is 12.7. The standard InChI is InChI=1S/C14H12N2O8S2/c17-14(18)11-7-10(25(19,20)21)5-6-12(11)16-15-8-9-3-1-2-4-13(9)26(22,23)24/h1-8,16H,(H,17,18)(H,19,20,21)(H,22,23,24)/p-2/b15-8+. The summed E-state index contributed by atoms with van der Waals surface area (Å²) in [6.45, 7) is 0. The van der Waals surface area contributed by atoms with Gasteiger partial charge in [0, 0.05) is 5.56 Å². The monoisotopic (exact) mass is 398 g/mol. The topological polar surface area (TPSA) is 176 Å². The van der Waals surface area contributed by atoms with Crippen LogP contribution in [0.25, 0.3) is 0 Å². The number of nitrogens with one attached hydrogen (secondary N) is 1. The molecule has 2 aromatic rings. The van der Waals surface area contributed by atoms with E-state index in [0.717, 1.165) is 24.4 Å². The van der Waals surface area contributed by atoms with Crippen LogP contribution in [0.15, 0.2) is 57.4 Å². The van der Waals surface area contributed by atoms with E-state index in [1.807, 2.05) is 0 Å². The quantitative estimate of drug-likeness (QED) is 0.401. The summed E-state index contributed by atoms with van der Waals surface area (Å²) in [5, 5.41) is 12.8. The number of hydrogen-bond donors (Lipinski definition) is 2. The molecule has 0 unspecified atom stereocenters. The smallest absolute Gasteiger partial charge is 0.337 e. The second kappa shape index (κ2) is 7.21. The number of carbonyl (C=O) groups is 1. The van der Waals surface area contributed by atoms with E-state index in [9.17, 15) is 30.7 Å². The van der Waals surface area contributed by atoms with Crippen molar-refractivity contribution < 1.29 is 35.8 Å². The summed E-state index contributed by atoms with van der Waals surface area (Å²) in [6.07, 6.45) is 0.981. The summed E-state index contributed by atoms with van der Waals surface area (Å²) in [6, 6.07) is 7.78. The first-order chi connectivity index (χ1) is 12.0. The number of hydrogen-bond acceptors (Lipinski definition) is 9. The minimum atomic E-state index is -4.84. The van der Waals surface area contributed by atoms with Crippen molar-refractivity contribution in [2.75, 3.05) is 5.43 Å². The largest absolute Gasteiger partial charge is 0.744 e. The van der Waals surface area contributed by atoms with Crippen LogP contribution in [0.5, 0.6) is 0 Å². The Balaban J connectivity index is 2.36. The molecule has 12 heteroatoms. The molecule has 2 rings (SSSR count). The highest BCUT2D eigenvalue weighted by Gasteiger charge is 2.13. The average molecular weight is 398 g/mol. The van der Waals surface area contributed by atoms with Crippen molar-refractivity contribution in [1.82, 2.24) is 0 Å². The average Bonchev–Trinajstić information content (AvgIpc) is 2.53. The third-order valence-electron chi connectivity index (χ3n) is 3.09. The summed E-state index contributed by atoms with van der Waals surface area (Å²) in [7, 11) is -9.58. The van der Waals surface area contributed by atoms with Gasteiger partial charge in [-0.3, -0.25) is 5.43 Å². The van der Waals surface area contributed by atoms with E-state index in [0.29, 0.717) is 6.07 Å². The van der Waals surface area contributed by atoms with Crippen molar-refractivity contribution in [3.05, 3.63) is 53.6 Å². The molecule has 0 aliphatic carbocycles. The third-order valence-corrected chi connectivity index (χ3v) is 4.83. The van der Waals surface area contributed by atoms with Gasteiger partial charge in [0.2, 0.25) is 0 Å². The molecule has 0 amide bonds. The van der Waals surface area contributed by atoms with Gasteiger partial charge in [0.15, 0.2) is 0 Å². The Morgan fingerprint density at radius 2 is 1.69 bits per heavy atom. The maximum absolute atomic E-state index is 11.2. The minimum Gasteiger partial charge on any atom is -0.744 e. The fourth-order valence-corrected chi connectivity index (χ4v) is 3.09. The molecule has 0 radical (unpaired) electrons. The van der Waals surface area contributed by atoms with Crippen molar-refractivity contribution in [2.45, 2.75) is 9.79 Å². The van der Waals surface area contributed by atoms with Crippen LogP contribution in [0.1, 0.15) is 15.9 Å². The van der Waals surface area contributed by atoms with E-state index < -0.39 is 41.6 Å². The van der Waals surface area contributed by atoms with Gasteiger partial charge in [0.25, 0.3) is 0 Å². The Labute approximate surface area is 148 Å². The lowest BCUT2D eigenvalue weighted by molar-refractivity contribution is 0.0697. The molecule has 0 spiro atoms. The van der Waals surface area contributed by atoms with Gasteiger partial charge in [-0.1, -0.05) is 18.2 Å². The van der Waals surface area contributed by atoms with E-state index in [2.05, 4.69) is 10.5 Å². The Bertz CT molecular complexity index is 1090. The zero-order valence-corrected chi connectivity index (χ0v) is 14.3. The van der Waals surface area contributed by atoms with Gasteiger partial charge in [0.05, 0.1) is 27.3 Å². The number of carboxylic acids is 1. The molecular weight excluding hydrogens is 388 g/mol. The summed E-state index contributed by atoms with van der Waals surface area (Å²) in [5.74, 6) is -1.52. The Hall–Kier alpha value is -2.80. The molecule has 0 saturated carbocycles. The van der Waals surface area contributed by atoms with Gasteiger partial charge < -0.3 is 14.2 Å². The van der Waals surface area contributed by atoms with Gasteiger partial charge in [0.1, 0.15) is 20.2 Å². The molecule has 10 nitrogen and oxygen atoms in total. The summed E-state index contributed by atoms with van der Waals surface area (Å²) in [5.41, 5.74) is 1.57. The normalized spacial score (nSPS) is 12.2. The van der Waals surface area contributed by atoms with Gasteiger partial charge in [-0.25, -0.2) is 21.6 Å². The SMILES string of the molecule is O=C(O)c1cc(S(=O)(=O)[O-])ccc1N/N=C/c1ccccc1S(=O)(=O)[O-]. The molecule has 0 aliphatic heterocycles. The molecule has 0 saturated heterocycles. The Morgan fingerprint density at radius 1 is 1.04 bits per heavy atom. The fourth-order valence-electron chi connectivity index (χ4n) is 1.94. The zero-order chi connectivity index (χ0) is 19.5. The predicted molar refractivity (Wildman–Crippen MR) is 87.0 cm³/mol. The Kier molecular flexibility index (Phi) is 5.41. The molecule has 26 heavy (non-hydrogen) atoms. The Morgan fingerprint density at radius 3 is 2.27 bits per heavy atom. The first kappa shape index (κ1) is 19.5. The number of carboxylic acid groups (broad SMARTS) is 1. The van der Waals surface area contributed by atoms with Crippen LogP contribution in [-0.2, 0) is 20.2 Å². The van der Waals surface area contributed by atoms with Gasteiger partial charge in [-0.2, -0.15) is 5.10 Å². The maximum atomic E-state index is 11.2. The van der Waals surface area contributed by atoms with Crippen LogP contribution in [0.4, 0.5) is 5.69 Å². The molecule has 0 aliphatic rings. The van der Waals surface area contributed by atoms with Gasteiger partial charge >= 0.3 is 5.97 Å². The number of benzene rings is 2. The van der Waals surface area contributed by atoms with Gasteiger partial charge in [-0.15, -0.1) is 0 Å². The van der Waals surface area contributed by atoms with Gasteiger partial charge in [-0.05, 0) is 24.3 Å². The molecule has 0 fully saturated rings. The highest BCUT2D eigenvalue weighted by Crippen LogP contribution is 2.21.